The summed E-state index contributed by atoms with van der Waals surface area (Å²) in [5.74, 6) is 2.32. The maximum absolute atomic E-state index is 11.7. The van der Waals surface area contributed by atoms with Gasteiger partial charge in [-0.1, -0.05) is 13.0 Å². The Morgan fingerprint density at radius 3 is 3.00 bits per heavy atom. The second-order valence-corrected chi connectivity index (χ2v) is 7.10. The summed E-state index contributed by atoms with van der Waals surface area (Å²) in [7, 11) is 1.93. The van der Waals surface area contributed by atoms with Gasteiger partial charge in [-0.2, -0.15) is 11.8 Å². The fourth-order valence-corrected chi connectivity index (χ4v) is 4.50. The first-order valence-electron chi connectivity index (χ1n) is 7.95. The number of rotatable bonds is 9. The second kappa shape index (κ2) is 8.54. The average Bonchev–Trinajstić information content (AvgIpc) is 2.99. The lowest BCUT2D eigenvalue weighted by atomic mass is 10.0. The van der Waals surface area contributed by atoms with E-state index in [2.05, 4.69) is 27.8 Å². The quantitative estimate of drug-likeness (QED) is 0.474. The molecule has 2 aliphatic heterocycles. The van der Waals surface area contributed by atoms with Crippen molar-refractivity contribution in [1.82, 2.24) is 21.3 Å². The van der Waals surface area contributed by atoms with Crippen molar-refractivity contribution in [3.8, 4) is 0 Å². The summed E-state index contributed by atoms with van der Waals surface area (Å²) in [4.78, 5) is 11.7. The van der Waals surface area contributed by atoms with E-state index in [0.29, 0.717) is 23.8 Å². The van der Waals surface area contributed by atoms with E-state index in [1.807, 2.05) is 18.8 Å². The Bertz CT molecular complexity index is 364. The molecule has 5 nitrogen and oxygen atoms in total. The lowest BCUT2D eigenvalue weighted by Crippen LogP contribution is -2.36. The number of carbonyl (C=O) groups excluding carboxylic acids is 1. The van der Waals surface area contributed by atoms with Crippen LogP contribution in [0, 0.1) is 0 Å². The second-order valence-electron chi connectivity index (χ2n) is 5.82. The minimum Gasteiger partial charge on any atom is -0.367 e. The first-order chi connectivity index (χ1) is 10.2. The molecule has 0 radical (unpaired) electrons. The zero-order valence-electron chi connectivity index (χ0n) is 12.9. The summed E-state index contributed by atoms with van der Waals surface area (Å²) in [6, 6.07) is 1.07. The molecular formula is C15H28N4OS. The molecule has 2 rings (SSSR count). The summed E-state index contributed by atoms with van der Waals surface area (Å²) < 4.78 is 0. The van der Waals surface area contributed by atoms with E-state index in [9.17, 15) is 4.79 Å². The van der Waals surface area contributed by atoms with E-state index in [1.54, 1.807) is 0 Å². The summed E-state index contributed by atoms with van der Waals surface area (Å²) in [6.07, 6.45) is 4.94. The number of hydrogen-bond acceptors (Lipinski definition) is 5. The Morgan fingerprint density at radius 1 is 1.33 bits per heavy atom. The highest BCUT2D eigenvalue weighted by atomic mass is 32.2. The van der Waals surface area contributed by atoms with Crippen LogP contribution in [-0.4, -0.2) is 49.1 Å². The van der Waals surface area contributed by atoms with Gasteiger partial charge in [-0.05, 0) is 32.9 Å². The van der Waals surface area contributed by atoms with Crippen molar-refractivity contribution in [2.24, 2.45) is 0 Å². The smallest absolute Gasteiger partial charge is 0.219 e. The lowest BCUT2D eigenvalue weighted by Gasteiger charge is -2.17. The van der Waals surface area contributed by atoms with Crippen LogP contribution in [0.25, 0.3) is 0 Å². The molecular weight excluding hydrogens is 284 g/mol. The van der Waals surface area contributed by atoms with E-state index in [1.165, 1.54) is 6.42 Å². The fraction of sp³-hybridized carbons (Fsp3) is 0.800. The molecule has 2 saturated heterocycles. The number of fused-ring (bicyclic) bond motifs is 1. The molecule has 0 saturated carbocycles. The molecule has 2 aliphatic rings. The number of hydrogen-bond donors (Lipinski definition) is 4. The lowest BCUT2D eigenvalue weighted by molar-refractivity contribution is -0.121. The summed E-state index contributed by atoms with van der Waals surface area (Å²) in [5, 5.41) is 13.5. The number of amides is 1. The predicted octanol–water partition coefficient (Wildman–Crippen LogP) is 0.789. The minimum atomic E-state index is 0.192. The van der Waals surface area contributed by atoms with Gasteiger partial charge in [0.05, 0.1) is 17.9 Å². The normalized spacial score (nSPS) is 27.1. The van der Waals surface area contributed by atoms with Gasteiger partial charge >= 0.3 is 0 Å². The molecule has 120 valence electrons. The highest BCUT2D eigenvalue weighted by Crippen LogP contribution is 2.34. The summed E-state index contributed by atoms with van der Waals surface area (Å²) in [6.45, 7) is 5.67. The van der Waals surface area contributed by atoms with Crippen LogP contribution < -0.4 is 21.3 Å². The van der Waals surface area contributed by atoms with Crippen LogP contribution in [0.15, 0.2) is 12.4 Å². The standard InChI is InChI=1S/C15H28N4OS/c1-11-18-12-10-21-13(15(12)19-11)6-3-4-7-14(20)17-9-5-8-16-2/h12-13,15-16,18-19H,1,3-10H2,2H3,(H,17,20)/t12?,13-,15?/m0/s1. The fourth-order valence-electron chi connectivity index (χ4n) is 2.96. The van der Waals surface area contributed by atoms with Gasteiger partial charge in [0, 0.05) is 24.0 Å². The van der Waals surface area contributed by atoms with Crippen LogP contribution in [0.5, 0.6) is 0 Å². The summed E-state index contributed by atoms with van der Waals surface area (Å²) in [5.41, 5.74) is 0. The highest BCUT2D eigenvalue weighted by Gasteiger charge is 2.40. The maximum atomic E-state index is 11.7. The van der Waals surface area contributed by atoms with Gasteiger partial charge in [-0.25, -0.2) is 0 Å². The van der Waals surface area contributed by atoms with Crippen molar-refractivity contribution in [3.63, 3.8) is 0 Å². The largest absolute Gasteiger partial charge is 0.367 e. The van der Waals surface area contributed by atoms with Gasteiger partial charge < -0.3 is 21.3 Å². The van der Waals surface area contributed by atoms with Crippen LogP contribution in [0.1, 0.15) is 32.1 Å². The number of nitrogens with one attached hydrogen (secondary N) is 4. The number of unbranched alkanes of at least 4 members (excludes halogenated alkanes) is 1. The molecule has 2 heterocycles. The van der Waals surface area contributed by atoms with Crippen LogP contribution in [0.2, 0.25) is 0 Å². The first-order valence-corrected chi connectivity index (χ1v) is 9.00. The van der Waals surface area contributed by atoms with Gasteiger partial charge in [0.2, 0.25) is 5.91 Å². The van der Waals surface area contributed by atoms with Crippen LogP contribution >= 0.6 is 11.8 Å². The summed E-state index contributed by atoms with van der Waals surface area (Å²) >= 11 is 2.04. The zero-order valence-corrected chi connectivity index (χ0v) is 13.7. The Morgan fingerprint density at radius 2 is 2.19 bits per heavy atom. The topological polar surface area (TPSA) is 65.2 Å². The van der Waals surface area contributed by atoms with Crippen molar-refractivity contribution >= 4 is 17.7 Å². The van der Waals surface area contributed by atoms with E-state index >= 15 is 0 Å². The molecule has 0 aromatic carbocycles. The molecule has 0 bridgehead atoms. The Balaban J connectivity index is 1.52. The molecule has 0 aromatic rings. The van der Waals surface area contributed by atoms with Crippen molar-refractivity contribution in [1.29, 1.82) is 0 Å². The first kappa shape index (κ1) is 16.5. The average molecular weight is 312 g/mol. The van der Waals surface area contributed by atoms with Crippen LogP contribution in [0.3, 0.4) is 0 Å². The highest BCUT2D eigenvalue weighted by molar-refractivity contribution is 8.00. The maximum Gasteiger partial charge on any atom is 0.219 e. The molecule has 1 amide bonds. The van der Waals surface area contributed by atoms with Gasteiger partial charge in [0.15, 0.2) is 0 Å². The predicted molar refractivity (Wildman–Crippen MR) is 89.3 cm³/mol. The molecule has 6 heteroatoms. The van der Waals surface area contributed by atoms with Crippen LogP contribution in [0.4, 0.5) is 0 Å². The zero-order chi connectivity index (χ0) is 15.1. The monoisotopic (exact) mass is 312 g/mol. The van der Waals surface area contributed by atoms with E-state index in [0.717, 1.165) is 43.9 Å². The van der Waals surface area contributed by atoms with Gasteiger partial charge in [-0.3, -0.25) is 4.79 Å². The van der Waals surface area contributed by atoms with Gasteiger partial charge in [0.1, 0.15) is 0 Å². The number of thioether (sulfide) groups is 1. The van der Waals surface area contributed by atoms with E-state index < -0.39 is 0 Å². The SMILES string of the molecule is C=C1NC2CS[C@@H](CCCCC(=O)NCCCNC)C2N1. The molecule has 0 aliphatic carbocycles. The van der Waals surface area contributed by atoms with Gasteiger partial charge in [0.25, 0.3) is 0 Å². The molecule has 21 heavy (non-hydrogen) atoms. The van der Waals surface area contributed by atoms with Crippen molar-refractivity contribution < 1.29 is 4.79 Å². The minimum absolute atomic E-state index is 0.192. The third-order valence-corrected chi connectivity index (χ3v) is 5.60. The molecule has 0 spiro atoms. The van der Waals surface area contributed by atoms with Crippen molar-refractivity contribution in [2.45, 2.75) is 49.4 Å². The van der Waals surface area contributed by atoms with Crippen molar-refractivity contribution in [3.05, 3.63) is 12.4 Å². The molecule has 3 atom stereocenters. The van der Waals surface area contributed by atoms with Gasteiger partial charge in [-0.15, -0.1) is 0 Å². The molecule has 4 N–H and O–H groups in total. The molecule has 2 fully saturated rings. The third kappa shape index (κ3) is 5.11. The molecule has 0 aromatic heterocycles. The van der Waals surface area contributed by atoms with Crippen molar-refractivity contribution in [2.75, 3.05) is 25.9 Å². The van der Waals surface area contributed by atoms with E-state index in [-0.39, 0.29) is 5.91 Å². The Hall–Kier alpha value is -0.880. The molecule has 2 unspecified atom stereocenters. The Labute approximate surface area is 132 Å². The number of carbonyl (C=O) groups is 1. The third-order valence-electron chi connectivity index (χ3n) is 4.09. The van der Waals surface area contributed by atoms with Crippen LogP contribution in [-0.2, 0) is 4.79 Å². The van der Waals surface area contributed by atoms with E-state index in [4.69, 9.17) is 0 Å². The Kier molecular flexibility index (Phi) is 6.70.